The van der Waals surface area contributed by atoms with Gasteiger partial charge in [0.25, 0.3) is 11.8 Å². The number of rotatable bonds is 5. The number of nitrogens with zero attached hydrogens (tertiary/aromatic N) is 3. The predicted octanol–water partition coefficient (Wildman–Crippen LogP) is 4.06. The average Bonchev–Trinajstić information content (AvgIpc) is 2.75. The van der Waals surface area contributed by atoms with E-state index in [0.29, 0.717) is 16.3 Å². The summed E-state index contributed by atoms with van der Waals surface area (Å²) in [6.45, 7) is 0. The number of carbonyl (C=O) groups is 2. The summed E-state index contributed by atoms with van der Waals surface area (Å²) in [4.78, 5) is 29.7. The van der Waals surface area contributed by atoms with Gasteiger partial charge in [0.05, 0.1) is 18.9 Å². The van der Waals surface area contributed by atoms with Crippen LogP contribution in [0.25, 0.3) is 0 Å². The second-order valence-electron chi connectivity index (χ2n) is 5.69. The van der Waals surface area contributed by atoms with Crippen LogP contribution in [0.1, 0.15) is 26.3 Å². The van der Waals surface area contributed by atoms with E-state index in [2.05, 4.69) is 10.1 Å². The van der Waals surface area contributed by atoms with Crippen molar-refractivity contribution in [1.29, 1.82) is 0 Å². The van der Waals surface area contributed by atoms with E-state index in [9.17, 15) is 9.59 Å². The lowest BCUT2D eigenvalue weighted by atomic mass is 10.2. The Bertz CT molecular complexity index is 988. The molecule has 0 unspecified atom stereocenters. The van der Waals surface area contributed by atoms with Crippen LogP contribution < -0.4 is 4.74 Å². The third-order valence-electron chi connectivity index (χ3n) is 3.82. The summed E-state index contributed by atoms with van der Waals surface area (Å²) in [5, 5.41) is 5.43. The molecule has 140 valence electrons. The molecule has 3 aromatic rings. The van der Waals surface area contributed by atoms with E-state index in [1.54, 1.807) is 61.8 Å². The molecule has 7 heteroatoms. The number of carbonyl (C=O) groups excluding carboxylic acids is 2. The van der Waals surface area contributed by atoms with Gasteiger partial charge < -0.3 is 4.74 Å². The smallest absolute Gasteiger partial charge is 0.283 e. The highest BCUT2D eigenvalue weighted by atomic mass is 35.5. The normalized spacial score (nSPS) is 10.6. The molecule has 2 aromatic carbocycles. The third kappa shape index (κ3) is 4.61. The number of ether oxygens (including phenoxy) is 1. The lowest BCUT2D eigenvalue weighted by molar-refractivity contribution is 0.0621. The fourth-order valence-electron chi connectivity index (χ4n) is 2.34. The topological polar surface area (TPSA) is 71.9 Å². The minimum absolute atomic E-state index is 0.247. The van der Waals surface area contributed by atoms with Crippen LogP contribution in [0.5, 0.6) is 5.75 Å². The second kappa shape index (κ2) is 8.92. The number of methoxy groups -OCH3 is 1. The van der Waals surface area contributed by atoms with Crippen LogP contribution in [0, 0.1) is 0 Å². The van der Waals surface area contributed by atoms with Crippen LogP contribution in [0.2, 0.25) is 5.02 Å². The summed E-state index contributed by atoms with van der Waals surface area (Å²) in [5.74, 6) is -0.467. The lowest BCUT2D eigenvalue weighted by Crippen LogP contribution is -2.32. The second-order valence-corrected chi connectivity index (χ2v) is 6.12. The highest BCUT2D eigenvalue weighted by Gasteiger charge is 2.24. The van der Waals surface area contributed by atoms with E-state index in [-0.39, 0.29) is 11.1 Å². The van der Waals surface area contributed by atoms with Crippen LogP contribution >= 0.6 is 11.6 Å². The van der Waals surface area contributed by atoms with Crippen LogP contribution in [0.3, 0.4) is 0 Å². The Labute approximate surface area is 167 Å². The van der Waals surface area contributed by atoms with Crippen LogP contribution in [0.4, 0.5) is 0 Å². The minimum Gasteiger partial charge on any atom is -0.497 e. The molecule has 0 fully saturated rings. The molecule has 1 heterocycles. The molecule has 28 heavy (non-hydrogen) atoms. The summed E-state index contributed by atoms with van der Waals surface area (Å²) in [7, 11) is 1.57. The Morgan fingerprint density at radius 3 is 2.29 bits per heavy atom. The van der Waals surface area contributed by atoms with Crippen LogP contribution in [-0.2, 0) is 0 Å². The molecule has 0 aliphatic carbocycles. The number of aromatic nitrogens is 1. The highest BCUT2D eigenvalue weighted by Crippen LogP contribution is 2.15. The van der Waals surface area contributed by atoms with Gasteiger partial charge in [-0.1, -0.05) is 11.6 Å². The SMILES string of the molecule is COc1ccc(/C=N/N(C(=O)c2ccc(Cl)cc2)C(=O)c2cccnc2)cc1. The van der Waals surface area contributed by atoms with Gasteiger partial charge in [-0.3, -0.25) is 14.6 Å². The van der Waals surface area contributed by atoms with Crippen molar-refractivity contribution in [3.63, 3.8) is 0 Å². The Hall–Kier alpha value is -3.51. The standard InChI is InChI=1S/C21H16ClN3O3/c1-28-19-10-4-15(5-11-19)13-24-25(21(27)17-3-2-12-23-14-17)20(26)16-6-8-18(22)9-7-16/h2-14H,1H3/b24-13+. The van der Waals surface area contributed by atoms with Gasteiger partial charge in [0, 0.05) is 23.0 Å². The molecule has 0 bridgehead atoms. The molecule has 0 aliphatic heterocycles. The number of amides is 2. The molecular weight excluding hydrogens is 378 g/mol. The number of hydrogen-bond acceptors (Lipinski definition) is 5. The maximum absolute atomic E-state index is 12.9. The maximum atomic E-state index is 12.9. The van der Waals surface area contributed by atoms with E-state index in [1.165, 1.54) is 24.5 Å². The quantitative estimate of drug-likeness (QED) is 0.372. The summed E-state index contributed by atoms with van der Waals surface area (Å²) >= 11 is 5.88. The Kier molecular flexibility index (Phi) is 6.14. The van der Waals surface area contributed by atoms with Crippen molar-refractivity contribution >= 4 is 29.6 Å². The number of hydrazone groups is 1. The summed E-state index contributed by atoms with van der Waals surface area (Å²) in [6, 6.07) is 16.5. The molecule has 0 radical (unpaired) electrons. The number of hydrogen-bond donors (Lipinski definition) is 0. The van der Waals surface area contributed by atoms with Gasteiger partial charge in [0.1, 0.15) is 5.75 Å². The average molecular weight is 394 g/mol. The molecule has 0 N–H and O–H groups in total. The number of halogens is 1. The van der Waals surface area contributed by atoms with Gasteiger partial charge in [-0.25, -0.2) is 0 Å². The predicted molar refractivity (Wildman–Crippen MR) is 107 cm³/mol. The molecule has 0 saturated heterocycles. The fourth-order valence-corrected chi connectivity index (χ4v) is 2.46. The number of benzene rings is 2. The summed E-state index contributed by atoms with van der Waals surface area (Å²) in [6.07, 6.45) is 4.36. The van der Waals surface area contributed by atoms with Crippen LogP contribution in [-0.4, -0.2) is 35.1 Å². The fraction of sp³-hybridized carbons (Fsp3) is 0.0476. The summed E-state index contributed by atoms with van der Waals surface area (Å²) in [5.41, 5.74) is 1.24. The Morgan fingerprint density at radius 1 is 1.00 bits per heavy atom. The highest BCUT2D eigenvalue weighted by molar-refractivity contribution is 6.30. The van der Waals surface area contributed by atoms with Crippen molar-refractivity contribution in [3.05, 3.63) is 94.8 Å². The van der Waals surface area contributed by atoms with Crippen molar-refractivity contribution in [2.75, 3.05) is 7.11 Å². The van der Waals surface area contributed by atoms with E-state index < -0.39 is 11.8 Å². The Morgan fingerprint density at radius 2 is 1.68 bits per heavy atom. The molecule has 1 aromatic heterocycles. The first-order valence-electron chi connectivity index (χ1n) is 8.31. The maximum Gasteiger partial charge on any atom is 0.283 e. The van der Waals surface area contributed by atoms with Crippen molar-refractivity contribution < 1.29 is 14.3 Å². The van der Waals surface area contributed by atoms with Gasteiger partial charge >= 0.3 is 0 Å². The molecule has 3 rings (SSSR count). The first-order chi connectivity index (χ1) is 13.6. The van der Waals surface area contributed by atoms with E-state index in [0.717, 1.165) is 5.01 Å². The largest absolute Gasteiger partial charge is 0.497 e. The van der Waals surface area contributed by atoms with Crippen molar-refractivity contribution in [1.82, 2.24) is 9.99 Å². The molecule has 0 saturated carbocycles. The first kappa shape index (κ1) is 19.3. The third-order valence-corrected chi connectivity index (χ3v) is 4.07. The van der Waals surface area contributed by atoms with E-state index >= 15 is 0 Å². The van der Waals surface area contributed by atoms with Crippen molar-refractivity contribution in [3.8, 4) is 5.75 Å². The Balaban J connectivity index is 1.93. The molecule has 6 nitrogen and oxygen atoms in total. The number of imide groups is 1. The molecule has 2 amide bonds. The summed E-state index contributed by atoms with van der Waals surface area (Å²) < 4.78 is 5.12. The van der Waals surface area contributed by atoms with Gasteiger partial charge in [0.2, 0.25) is 0 Å². The van der Waals surface area contributed by atoms with Crippen LogP contribution in [0.15, 0.2) is 78.2 Å². The van der Waals surface area contributed by atoms with E-state index in [1.807, 2.05) is 0 Å². The van der Waals surface area contributed by atoms with Gasteiger partial charge in [-0.05, 0) is 66.2 Å². The number of pyridine rings is 1. The molecule has 0 aliphatic rings. The monoisotopic (exact) mass is 393 g/mol. The molecular formula is C21H16ClN3O3. The van der Waals surface area contributed by atoms with Gasteiger partial charge in [0.15, 0.2) is 0 Å². The van der Waals surface area contributed by atoms with Gasteiger partial charge in [-0.2, -0.15) is 10.1 Å². The first-order valence-corrected chi connectivity index (χ1v) is 8.68. The molecule has 0 spiro atoms. The minimum atomic E-state index is -0.585. The zero-order valence-corrected chi connectivity index (χ0v) is 15.7. The van der Waals surface area contributed by atoms with Gasteiger partial charge in [-0.15, -0.1) is 0 Å². The van der Waals surface area contributed by atoms with Crippen molar-refractivity contribution in [2.45, 2.75) is 0 Å². The van der Waals surface area contributed by atoms with E-state index in [4.69, 9.17) is 16.3 Å². The lowest BCUT2D eigenvalue weighted by Gasteiger charge is -2.15. The zero-order valence-electron chi connectivity index (χ0n) is 14.9. The molecule has 0 atom stereocenters. The van der Waals surface area contributed by atoms with Crippen molar-refractivity contribution in [2.24, 2.45) is 5.10 Å². The zero-order chi connectivity index (χ0) is 19.9.